The Bertz CT molecular complexity index is 678. The maximum absolute atomic E-state index is 14.1. The number of nitrogens with zero attached hydrogens (tertiary/aromatic N) is 3. The lowest BCUT2D eigenvalue weighted by Crippen LogP contribution is -2.05. The third kappa shape index (κ3) is 3.04. The van der Waals surface area contributed by atoms with E-state index >= 15 is 0 Å². The number of rotatable bonds is 5. The molecule has 0 unspecified atom stereocenters. The van der Waals surface area contributed by atoms with Crippen LogP contribution in [0.2, 0.25) is 0 Å². The standard InChI is InChI=1S/C13H13FN4O3/c1-3-15-13-16-7-11(18(19)20)12(17-13)9-5-4-8(21-2)6-10(9)14/h4-7H,3H2,1-2H3,(H,15,16,17). The van der Waals surface area contributed by atoms with Gasteiger partial charge in [0, 0.05) is 18.2 Å². The molecule has 0 radical (unpaired) electrons. The summed E-state index contributed by atoms with van der Waals surface area (Å²) in [5.74, 6) is -0.133. The average molecular weight is 292 g/mol. The van der Waals surface area contributed by atoms with Crippen molar-refractivity contribution in [2.45, 2.75) is 6.92 Å². The molecule has 1 N–H and O–H groups in total. The van der Waals surface area contributed by atoms with E-state index in [0.29, 0.717) is 12.3 Å². The van der Waals surface area contributed by atoms with Crippen molar-refractivity contribution in [1.29, 1.82) is 0 Å². The van der Waals surface area contributed by atoms with E-state index in [1.807, 2.05) is 6.92 Å². The van der Waals surface area contributed by atoms with Gasteiger partial charge in [0.1, 0.15) is 17.8 Å². The van der Waals surface area contributed by atoms with Crippen molar-refractivity contribution in [3.05, 3.63) is 40.3 Å². The number of anilines is 1. The van der Waals surface area contributed by atoms with Crippen molar-refractivity contribution in [3.8, 4) is 17.0 Å². The summed E-state index contributed by atoms with van der Waals surface area (Å²) in [6.07, 6.45) is 1.06. The molecule has 1 aromatic heterocycles. The van der Waals surface area contributed by atoms with Gasteiger partial charge in [-0.05, 0) is 19.1 Å². The third-order valence-electron chi connectivity index (χ3n) is 2.73. The SMILES string of the molecule is CCNc1ncc([N+](=O)[O-])c(-c2ccc(OC)cc2F)n1. The normalized spacial score (nSPS) is 10.2. The molecule has 0 spiro atoms. The van der Waals surface area contributed by atoms with Crippen LogP contribution in [0.15, 0.2) is 24.4 Å². The van der Waals surface area contributed by atoms with Crippen LogP contribution in [0, 0.1) is 15.9 Å². The van der Waals surface area contributed by atoms with E-state index in [2.05, 4.69) is 15.3 Å². The first-order valence-electron chi connectivity index (χ1n) is 6.16. The second-order valence-electron chi connectivity index (χ2n) is 4.06. The predicted octanol–water partition coefficient (Wildman–Crippen LogP) is 2.63. The number of ether oxygens (including phenoxy) is 1. The minimum atomic E-state index is -0.654. The van der Waals surface area contributed by atoms with Gasteiger partial charge in [0.15, 0.2) is 5.69 Å². The van der Waals surface area contributed by atoms with Crippen LogP contribution in [0.1, 0.15) is 6.92 Å². The van der Waals surface area contributed by atoms with Gasteiger partial charge in [-0.1, -0.05) is 0 Å². The molecule has 0 saturated carbocycles. The Morgan fingerprint density at radius 1 is 1.48 bits per heavy atom. The largest absolute Gasteiger partial charge is 0.497 e. The van der Waals surface area contributed by atoms with Crippen LogP contribution >= 0.6 is 0 Å². The highest BCUT2D eigenvalue weighted by molar-refractivity contribution is 5.71. The molecule has 0 saturated heterocycles. The molecule has 0 aliphatic rings. The lowest BCUT2D eigenvalue weighted by Gasteiger charge is -2.08. The van der Waals surface area contributed by atoms with E-state index in [-0.39, 0.29) is 22.9 Å². The van der Waals surface area contributed by atoms with Crippen LogP contribution in [-0.2, 0) is 0 Å². The Labute approximate surface area is 120 Å². The number of hydrogen-bond donors (Lipinski definition) is 1. The molecule has 0 bridgehead atoms. The molecular formula is C13H13FN4O3. The van der Waals surface area contributed by atoms with E-state index in [0.717, 1.165) is 12.3 Å². The average Bonchev–Trinajstić information content (AvgIpc) is 2.47. The molecule has 0 atom stereocenters. The summed E-state index contributed by atoms with van der Waals surface area (Å²) in [6.45, 7) is 2.38. The lowest BCUT2D eigenvalue weighted by atomic mass is 10.1. The first-order valence-corrected chi connectivity index (χ1v) is 6.16. The summed E-state index contributed by atoms with van der Waals surface area (Å²) in [7, 11) is 1.41. The Hall–Kier alpha value is -2.77. The Balaban J connectivity index is 2.59. The van der Waals surface area contributed by atoms with Gasteiger partial charge < -0.3 is 10.1 Å². The van der Waals surface area contributed by atoms with Crippen LogP contribution in [-0.4, -0.2) is 28.5 Å². The molecule has 7 nitrogen and oxygen atoms in total. The van der Waals surface area contributed by atoms with Crippen molar-refractivity contribution in [2.24, 2.45) is 0 Å². The minimum absolute atomic E-state index is 0.0176. The Morgan fingerprint density at radius 2 is 2.24 bits per heavy atom. The smallest absolute Gasteiger partial charge is 0.313 e. The predicted molar refractivity (Wildman–Crippen MR) is 74.8 cm³/mol. The van der Waals surface area contributed by atoms with E-state index in [1.54, 1.807) is 0 Å². The number of nitro groups is 1. The number of methoxy groups -OCH3 is 1. The highest BCUT2D eigenvalue weighted by Gasteiger charge is 2.21. The van der Waals surface area contributed by atoms with Crippen LogP contribution < -0.4 is 10.1 Å². The number of benzene rings is 1. The zero-order valence-electron chi connectivity index (χ0n) is 11.5. The summed E-state index contributed by atoms with van der Waals surface area (Å²) in [5.41, 5.74) is -0.420. The fraction of sp³-hybridized carbons (Fsp3) is 0.231. The molecule has 1 aromatic carbocycles. The number of aromatic nitrogens is 2. The maximum atomic E-state index is 14.1. The molecule has 21 heavy (non-hydrogen) atoms. The van der Waals surface area contributed by atoms with Crippen molar-refractivity contribution in [3.63, 3.8) is 0 Å². The van der Waals surface area contributed by atoms with Gasteiger partial charge in [0.2, 0.25) is 5.95 Å². The summed E-state index contributed by atoms with van der Waals surface area (Å²) in [5, 5.41) is 13.9. The van der Waals surface area contributed by atoms with Gasteiger partial charge in [0.05, 0.1) is 12.0 Å². The molecule has 8 heteroatoms. The first kappa shape index (κ1) is 14.6. The summed E-state index contributed by atoms with van der Waals surface area (Å²) >= 11 is 0. The van der Waals surface area contributed by atoms with Gasteiger partial charge in [-0.3, -0.25) is 10.1 Å². The van der Waals surface area contributed by atoms with Crippen molar-refractivity contribution in [1.82, 2.24) is 9.97 Å². The second-order valence-corrected chi connectivity index (χ2v) is 4.06. The highest BCUT2D eigenvalue weighted by Crippen LogP contribution is 2.31. The third-order valence-corrected chi connectivity index (χ3v) is 2.73. The summed E-state index contributed by atoms with van der Waals surface area (Å²) < 4.78 is 19.0. The molecule has 1 heterocycles. The minimum Gasteiger partial charge on any atom is -0.497 e. The van der Waals surface area contributed by atoms with Crippen molar-refractivity contribution in [2.75, 3.05) is 19.0 Å². The monoisotopic (exact) mass is 292 g/mol. The van der Waals surface area contributed by atoms with Gasteiger partial charge in [0.25, 0.3) is 0 Å². The molecule has 0 fully saturated rings. The van der Waals surface area contributed by atoms with Crippen LogP contribution in [0.25, 0.3) is 11.3 Å². The summed E-state index contributed by atoms with van der Waals surface area (Å²) in [6, 6.07) is 4.05. The van der Waals surface area contributed by atoms with Crippen LogP contribution in [0.5, 0.6) is 5.75 Å². The molecule has 2 rings (SSSR count). The van der Waals surface area contributed by atoms with Gasteiger partial charge >= 0.3 is 5.69 Å². The van der Waals surface area contributed by atoms with Crippen molar-refractivity contribution >= 4 is 11.6 Å². The van der Waals surface area contributed by atoms with Crippen molar-refractivity contribution < 1.29 is 14.1 Å². The molecule has 0 aliphatic carbocycles. The van der Waals surface area contributed by atoms with E-state index in [4.69, 9.17) is 4.74 Å². The van der Waals surface area contributed by atoms with Crippen LogP contribution in [0.4, 0.5) is 16.0 Å². The van der Waals surface area contributed by atoms with Crippen LogP contribution in [0.3, 0.4) is 0 Å². The highest BCUT2D eigenvalue weighted by atomic mass is 19.1. The van der Waals surface area contributed by atoms with E-state index < -0.39 is 10.7 Å². The van der Waals surface area contributed by atoms with E-state index in [1.165, 1.54) is 19.2 Å². The Kier molecular flexibility index (Phi) is 4.27. The topological polar surface area (TPSA) is 90.2 Å². The number of nitrogens with one attached hydrogen (secondary N) is 1. The zero-order valence-corrected chi connectivity index (χ0v) is 11.5. The first-order chi connectivity index (χ1) is 10.1. The molecule has 0 amide bonds. The fourth-order valence-electron chi connectivity index (χ4n) is 1.77. The zero-order chi connectivity index (χ0) is 15.4. The molecular weight excluding hydrogens is 279 g/mol. The summed E-state index contributed by atoms with van der Waals surface area (Å²) in [4.78, 5) is 18.3. The lowest BCUT2D eigenvalue weighted by molar-refractivity contribution is -0.384. The van der Waals surface area contributed by atoms with Gasteiger partial charge in [-0.2, -0.15) is 0 Å². The fourth-order valence-corrected chi connectivity index (χ4v) is 1.77. The molecule has 0 aliphatic heterocycles. The maximum Gasteiger partial charge on any atom is 0.313 e. The number of halogens is 1. The molecule has 2 aromatic rings. The number of hydrogen-bond acceptors (Lipinski definition) is 6. The van der Waals surface area contributed by atoms with E-state index in [9.17, 15) is 14.5 Å². The molecule has 110 valence electrons. The van der Waals surface area contributed by atoms with Gasteiger partial charge in [-0.25, -0.2) is 14.4 Å². The van der Waals surface area contributed by atoms with Gasteiger partial charge in [-0.15, -0.1) is 0 Å². The second kappa shape index (κ2) is 6.12. The Morgan fingerprint density at radius 3 is 2.81 bits per heavy atom. The quantitative estimate of drug-likeness (QED) is 0.673.